The van der Waals surface area contributed by atoms with E-state index in [0.29, 0.717) is 47.3 Å². The van der Waals surface area contributed by atoms with E-state index in [1.165, 1.54) is 58.4 Å². The van der Waals surface area contributed by atoms with Gasteiger partial charge < -0.3 is 30.5 Å². The summed E-state index contributed by atoms with van der Waals surface area (Å²) in [6, 6.07) is 6.63. The number of carbonyl (C=O) groups is 2. The van der Waals surface area contributed by atoms with Crippen LogP contribution in [0.3, 0.4) is 0 Å². The van der Waals surface area contributed by atoms with E-state index in [1.54, 1.807) is 19.4 Å². The first-order valence-corrected chi connectivity index (χ1v) is 17.9. The van der Waals surface area contributed by atoms with E-state index in [4.69, 9.17) is 9.72 Å². The van der Waals surface area contributed by atoms with Gasteiger partial charge in [-0.25, -0.2) is 4.98 Å². The van der Waals surface area contributed by atoms with Crippen LogP contribution in [0.25, 0.3) is 0 Å². The van der Waals surface area contributed by atoms with Crippen molar-refractivity contribution in [3.05, 3.63) is 30.0 Å². The van der Waals surface area contributed by atoms with Crippen LogP contribution in [0.5, 0.6) is 5.75 Å². The van der Waals surface area contributed by atoms with Crippen LogP contribution < -0.4 is 25.6 Å². The number of hydrogen-bond donors (Lipinski definition) is 3. The maximum atomic E-state index is 13.3. The van der Waals surface area contributed by atoms with Crippen molar-refractivity contribution in [2.24, 2.45) is 11.3 Å². The zero-order valence-corrected chi connectivity index (χ0v) is 28.4. The minimum Gasteiger partial charge on any atom is -0.495 e. The monoisotopic (exact) mass is 644 g/mol. The number of amides is 2. The van der Waals surface area contributed by atoms with Crippen molar-refractivity contribution in [2.75, 3.05) is 61.9 Å². The Labute approximate surface area is 279 Å². The Hall–Kier alpha value is -3.44. The molecule has 7 rings (SSSR count). The molecular weight excluding hydrogens is 592 g/mol. The number of nitrogens with one attached hydrogen (secondary N) is 3. The molecule has 0 atom stereocenters. The highest BCUT2D eigenvalue weighted by atomic mass is 16.5. The van der Waals surface area contributed by atoms with Gasteiger partial charge in [0.25, 0.3) is 5.91 Å². The molecule has 254 valence electrons. The lowest BCUT2D eigenvalue weighted by molar-refractivity contribution is -0.123. The molecule has 1 saturated heterocycles. The number of aromatic nitrogens is 2. The molecule has 2 aromatic rings. The van der Waals surface area contributed by atoms with Crippen LogP contribution in [0.2, 0.25) is 0 Å². The Morgan fingerprint density at radius 2 is 1.74 bits per heavy atom. The summed E-state index contributed by atoms with van der Waals surface area (Å²) in [5.41, 5.74) is 1.33. The summed E-state index contributed by atoms with van der Waals surface area (Å²) >= 11 is 0. The van der Waals surface area contributed by atoms with Gasteiger partial charge in [0.05, 0.1) is 24.4 Å². The largest absolute Gasteiger partial charge is 0.495 e. The summed E-state index contributed by atoms with van der Waals surface area (Å²) in [5, 5.41) is 9.65. The molecular formula is C36H52N8O3. The topological polar surface area (TPSA) is 115 Å². The first-order valence-electron chi connectivity index (χ1n) is 17.9. The molecule has 0 radical (unpaired) electrons. The molecule has 0 bridgehead atoms. The molecule has 0 spiro atoms. The molecule has 3 saturated carbocycles. The molecule has 11 nitrogen and oxygen atoms in total. The number of nitrogens with zero attached hydrogens (tertiary/aromatic N) is 5. The van der Waals surface area contributed by atoms with Gasteiger partial charge in [-0.05, 0) is 89.3 Å². The van der Waals surface area contributed by atoms with Gasteiger partial charge in [-0.2, -0.15) is 4.98 Å². The van der Waals surface area contributed by atoms with Gasteiger partial charge in [-0.15, -0.1) is 0 Å². The molecule has 11 heteroatoms. The number of carbonyl (C=O) groups excluding carboxylic acids is 2. The zero-order chi connectivity index (χ0) is 32.5. The number of rotatable bonds is 9. The summed E-state index contributed by atoms with van der Waals surface area (Å²) in [5.74, 6) is 2.57. The smallest absolute Gasteiger partial charge is 0.251 e. The molecule has 2 aliphatic heterocycles. The number of piperazine rings is 1. The molecule has 5 aliphatic rings. The minimum absolute atomic E-state index is 0.0235. The van der Waals surface area contributed by atoms with E-state index in [0.717, 1.165) is 50.3 Å². The van der Waals surface area contributed by atoms with Gasteiger partial charge in [-0.3, -0.25) is 14.5 Å². The molecule has 2 amide bonds. The predicted molar refractivity (Wildman–Crippen MR) is 185 cm³/mol. The third-order valence-electron chi connectivity index (χ3n) is 11.1. The van der Waals surface area contributed by atoms with Crippen LogP contribution in [0.4, 0.5) is 23.1 Å². The third-order valence-corrected chi connectivity index (χ3v) is 11.1. The summed E-state index contributed by atoms with van der Waals surface area (Å²) in [6.07, 6.45) is 13.4. The second kappa shape index (κ2) is 13.6. The van der Waals surface area contributed by atoms with Crippen LogP contribution >= 0.6 is 0 Å². The van der Waals surface area contributed by atoms with Crippen LogP contribution in [0.1, 0.15) is 88.4 Å². The SMILES string of the molecule is COc1cc(C(=O)NC2CCC(N3CCN(CC4CC4)CC3)CC2)ccc1Nc1ncc2c(n1)N(C1CCCC1)CC(C)(C)C(=O)N2. The minimum atomic E-state index is -0.555. The highest BCUT2D eigenvalue weighted by molar-refractivity contribution is 5.99. The number of anilines is 4. The summed E-state index contributed by atoms with van der Waals surface area (Å²) in [4.78, 5) is 43.4. The average molecular weight is 645 g/mol. The third kappa shape index (κ3) is 7.36. The highest BCUT2D eigenvalue weighted by Gasteiger charge is 2.39. The molecule has 3 N–H and O–H groups in total. The van der Waals surface area contributed by atoms with E-state index in [2.05, 4.69) is 35.6 Å². The van der Waals surface area contributed by atoms with Crippen molar-refractivity contribution in [3.63, 3.8) is 0 Å². The van der Waals surface area contributed by atoms with Gasteiger partial charge in [0.1, 0.15) is 11.4 Å². The standard InChI is InChI=1S/C36H52N8O3/c1-36(2)23-44(28-6-4-5-7-28)32-30(39-34(36)46)21-37-35(41-32)40-29-15-10-25(20-31(29)47-3)33(45)38-26-11-13-27(14-12-26)43-18-16-42(17-19-43)22-24-8-9-24/h10,15,20-21,24,26-28H,4-9,11-14,16-19,22-23H2,1-3H3,(H,38,45)(H,39,46)(H,37,40,41). The van der Waals surface area contributed by atoms with Gasteiger partial charge in [0, 0.05) is 63.0 Å². The first-order chi connectivity index (χ1) is 22.8. The van der Waals surface area contributed by atoms with Crippen molar-refractivity contribution in [2.45, 2.75) is 96.2 Å². The number of methoxy groups -OCH3 is 1. The normalized spacial score (nSPS) is 25.5. The second-order valence-electron chi connectivity index (χ2n) is 15.1. The predicted octanol–water partition coefficient (Wildman–Crippen LogP) is 5.02. The summed E-state index contributed by atoms with van der Waals surface area (Å²) < 4.78 is 5.71. The number of fused-ring (bicyclic) bond motifs is 1. The fraction of sp³-hybridized carbons (Fsp3) is 0.667. The Bertz CT molecular complexity index is 1440. The summed E-state index contributed by atoms with van der Waals surface area (Å²) in [6.45, 7) is 10.6. The quantitative estimate of drug-likeness (QED) is 0.346. The summed E-state index contributed by atoms with van der Waals surface area (Å²) in [7, 11) is 1.60. The Balaban J connectivity index is 0.967. The lowest BCUT2D eigenvalue weighted by Gasteiger charge is -2.42. The number of ether oxygens (including phenoxy) is 1. The van der Waals surface area contributed by atoms with Gasteiger partial charge >= 0.3 is 0 Å². The van der Waals surface area contributed by atoms with E-state index in [1.807, 2.05) is 26.0 Å². The fourth-order valence-electron chi connectivity index (χ4n) is 8.01. The Kier molecular flexibility index (Phi) is 9.29. The van der Waals surface area contributed by atoms with Gasteiger partial charge in [-0.1, -0.05) is 12.8 Å². The van der Waals surface area contributed by atoms with Crippen LogP contribution in [0, 0.1) is 11.3 Å². The van der Waals surface area contributed by atoms with E-state index >= 15 is 0 Å². The van der Waals surface area contributed by atoms with Crippen molar-refractivity contribution in [3.8, 4) is 5.75 Å². The molecule has 3 heterocycles. The first kappa shape index (κ1) is 32.1. The van der Waals surface area contributed by atoms with Gasteiger partial charge in [0.15, 0.2) is 5.82 Å². The maximum Gasteiger partial charge on any atom is 0.251 e. The molecule has 47 heavy (non-hydrogen) atoms. The average Bonchev–Trinajstić information content (AvgIpc) is 3.74. The van der Waals surface area contributed by atoms with Gasteiger partial charge in [0.2, 0.25) is 11.9 Å². The zero-order valence-electron chi connectivity index (χ0n) is 28.4. The van der Waals surface area contributed by atoms with E-state index < -0.39 is 5.41 Å². The molecule has 4 fully saturated rings. The molecule has 3 aliphatic carbocycles. The lowest BCUT2D eigenvalue weighted by Crippen LogP contribution is -2.52. The fourth-order valence-corrected chi connectivity index (χ4v) is 8.01. The molecule has 0 unspecified atom stereocenters. The van der Waals surface area contributed by atoms with E-state index in [-0.39, 0.29) is 17.9 Å². The number of hydrogen-bond acceptors (Lipinski definition) is 9. The molecule has 1 aromatic heterocycles. The highest BCUT2D eigenvalue weighted by Crippen LogP contribution is 2.39. The molecule has 1 aromatic carbocycles. The van der Waals surface area contributed by atoms with Crippen molar-refractivity contribution >= 4 is 35.0 Å². The maximum absolute atomic E-state index is 13.3. The van der Waals surface area contributed by atoms with Crippen molar-refractivity contribution in [1.29, 1.82) is 0 Å². The van der Waals surface area contributed by atoms with Crippen LogP contribution in [-0.2, 0) is 4.79 Å². The second-order valence-corrected chi connectivity index (χ2v) is 15.1. The van der Waals surface area contributed by atoms with Crippen molar-refractivity contribution < 1.29 is 14.3 Å². The Morgan fingerprint density at radius 3 is 2.45 bits per heavy atom. The lowest BCUT2D eigenvalue weighted by atomic mass is 9.89. The Morgan fingerprint density at radius 1 is 1.00 bits per heavy atom. The van der Waals surface area contributed by atoms with Crippen LogP contribution in [0.15, 0.2) is 24.4 Å². The number of benzene rings is 1. The van der Waals surface area contributed by atoms with E-state index in [9.17, 15) is 9.59 Å². The van der Waals surface area contributed by atoms with Crippen LogP contribution in [-0.4, -0.2) is 96.1 Å². The van der Waals surface area contributed by atoms with Crippen molar-refractivity contribution in [1.82, 2.24) is 25.1 Å².